The van der Waals surface area contributed by atoms with Crippen molar-refractivity contribution in [2.45, 2.75) is 30.3 Å². The SMILES string of the molecule is O=S(=O)(Nc1cc(-c2cccs2)[nH]n1)c1ccnn1C1CCC1. The van der Waals surface area contributed by atoms with Gasteiger partial charge in [0, 0.05) is 6.07 Å². The van der Waals surface area contributed by atoms with E-state index in [4.69, 9.17) is 0 Å². The summed E-state index contributed by atoms with van der Waals surface area (Å²) in [5, 5.41) is 13.2. The first-order chi connectivity index (χ1) is 11.1. The van der Waals surface area contributed by atoms with Gasteiger partial charge in [-0.25, -0.2) is 4.68 Å². The Balaban J connectivity index is 1.59. The predicted octanol–water partition coefficient (Wildman–Crippen LogP) is 2.86. The molecule has 1 aliphatic rings. The second-order valence-corrected chi connectivity index (χ2v) is 8.03. The normalized spacial score (nSPS) is 15.5. The van der Waals surface area contributed by atoms with Gasteiger partial charge in [-0.15, -0.1) is 11.3 Å². The molecule has 1 fully saturated rings. The van der Waals surface area contributed by atoms with Gasteiger partial charge >= 0.3 is 0 Å². The zero-order chi connectivity index (χ0) is 15.9. The lowest BCUT2D eigenvalue weighted by Crippen LogP contribution is -2.24. The van der Waals surface area contributed by atoms with Crippen LogP contribution in [0.5, 0.6) is 0 Å². The van der Waals surface area contributed by atoms with Crippen LogP contribution in [0.1, 0.15) is 25.3 Å². The summed E-state index contributed by atoms with van der Waals surface area (Å²) in [5.74, 6) is 0.273. The van der Waals surface area contributed by atoms with E-state index in [9.17, 15) is 8.42 Å². The number of aromatic nitrogens is 4. The maximum Gasteiger partial charge on any atom is 0.280 e. The molecule has 9 heteroatoms. The first kappa shape index (κ1) is 14.5. The highest BCUT2D eigenvalue weighted by Gasteiger charge is 2.28. The van der Waals surface area contributed by atoms with Crippen molar-refractivity contribution in [1.82, 2.24) is 20.0 Å². The van der Waals surface area contributed by atoms with Gasteiger partial charge in [-0.1, -0.05) is 6.07 Å². The van der Waals surface area contributed by atoms with Crippen molar-refractivity contribution in [1.29, 1.82) is 0 Å². The summed E-state index contributed by atoms with van der Waals surface area (Å²) in [5.41, 5.74) is 0.783. The Morgan fingerprint density at radius 1 is 1.35 bits per heavy atom. The van der Waals surface area contributed by atoms with Gasteiger partial charge in [-0.3, -0.25) is 9.82 Å². The molecule has 0 aromatic carbocycles. The molecule has 0 spiro atoms. The highest BCUT2D eigenvalue weighted by atomic mass is 32.2. The van der Waals surface area contributed by atoms with Crippen LogP contribution >= 0.6 is 11.3 Å². The number of nitrogens with one attached hydrogen (secondary N) is 2. The number of hydrogen-bond donors (Lipinski definition) is 2. The minimum absolute atomic E-state index is 0.178. The Morgan fingerprint density at radius 2 is 2.22 bits per heavy atom. The van der Waals surface area contributed by atoms with E-state index in [1.54, 1.807) is 22.1 Å². The van der Waals surface area contributed by atoms with Crippen LogP contribution in [0.4, 0.5) is 5.82 Å². The summed E-state index contributed by atoms with van der Waals surface area (Å²) >= 11 is 1.56. The number of sulfonamides is 1. The number of anilines is 1. The molecule has 4 rings (SSSR count). The van der Waals surface area contributed by atoms with Crippen molar-refractivity contribution in [3.63, 3.8) is 0 Å². The van der Waals surface area contributed by atoms with E-state index in [1.165, 1.54) is 12.3 Å². The summed E-state index contributed by atoms with van der Waals surface area (Å²) in [6.07, 6.45) is 4.57. The van der Waals surface area contributed by atoms with Gasteiger partial charge in [-0.05, 0) is 36.8 Å². The molecular formula is C14H15N5O2S2. The zero-order valence-electron chi connectivity index (χ0n) is 12.1. The van der Waals surface area contributed by atoms with Gasteiger partial charge < -0.3 is 0 Å². The van der Waals surface area contributed by atoms with E-state index in [2.05, 4.69) is 20.0 Å². The fraction of sp³-hybridized carbons (Fsp3) is 0.286. The van der Waals surface area contributed by atoms with Gasteiger partial charge in [0.2, 0.25) is 0 Å². The van der Waals surface area contributed by atoms with Crippen molar-refractivity contribution < 1.29 is 8.42 Å². The number of nitrogens with zero attached hydrogens (tertiary/aromatic N) is 3. The number of aromatic amines is 1. The molecule has 0 aliphatic heterocycles. The molecule has 7 nitrogen and oxygen atoms in total. The van der Waals surface area contributed by atoms with Gasteiger partial charge in [-0.2, -0.15) is 18.6 Å². The van der Waals surface area contributed by atoms with E-state index in [1.807, 2.05) is 17.5 Å². The molecule has 23 heavy (non-hydrogen) atoms. The molecule has 3 heterocycles. The zero-order valence-corrected chi connectivity index (χ0v) is 13.8. The van der Waals surface area contributed by atoms with E-state index in [0.29, 0.717) is 0 Å². The number of rotatable bonds is 5. The number of hydrogen-bond acceptors (Lipinski definition) is 5. The minimum Gasteiger partial charge on any atom is -0.275 e. The fourth-order valence-corrected chi connectivity index (χ4v) is 4.40. The second kappa shape index (κ2) is 5.50. The van der Waals surface area contributed by atoms with Gasteiger partial charge in [0.25, 0.3) is 10.0 Å². The van der Waals surface area contributed by atoms with Crippen molar-refractivity contribution in [3.8, 4) is 10.6 Å². The van der Waals surface area contributed by atoms with Gasteiger partial charge in [0.05, 0.1) is 22.8 Å². The third-order valence-corrected chi connectivity index (χ3v) is 6.19. The van der Waals surface area contributed by atoms with Crippen LogP contribution in [-0.4, -0.2) is 28.4 Å². The standard InChI is InChI=1S/C14H15N5O2S2/c20-23(21,14-6-7-15-19(14)10-3-1-4-10)18-13-9-11(16-17-13)12-5-2-8-22-12/h2,5-10H,1,3-4H2,(H2,16,17,18). The summed E-state index contributed by atoms with van der Waals surface area (Å²) in [4.78, 5) is 1.00. The Hall–Kier alpha value is -2.13. The van der Waals surface area contributed by atoms with E-state index in [0.717, 1.165) is 29.8 Å². The fourth-order valence-electron chi connectivity index (χ4n) is 2.54. The summed E-state index contributed by atoms with van der Waals surface area (Å²) in [6, 6.07) is 7.27. The minimum atomic E-state index is -3.71. The lowest BCUT2D eigenvalue weighted by molar-refractivity contribution is 0.271. The monoisotopic (exact) mass is 349 g/mol. The molecular weight excluding hydrogens is 334 g/mol. The summed E-state index contributed by atoms with van der Waals surface area (Å²) < 4.78 is 29.3. The first-order valence-electron chi connectivity index (χ1n) is 7.29. The Labute approximate surface area is 137 Å². The summed E-state index contributed by atoms with van der Waals surface area (Å²) in [7, 11) is -3.71. The molecule has 2 N–H and O–H groups in total. The Bertz CT molecular complexity index is 907. The molecule has 3 aromatic rings. The first-order valence-corrected chi connectivity index (χ1v) is 9.65. The number of H-pyrrole nitrogens is 1. The van der Waals surface area contributed by atoms with Crippen molar-refractivity contribution >= 4 is 27.2 Å². The molecule has 1 aliphatic carbocycles. The van der Waals surface area contributed by atoms with Crippen molar-refractivity contribution in [2.75, 3.05) is 4.72 Å². The van der Waals surface area contributed by atoms with Gasteiger partial charge in [0.15, 0.2) is 10.8 Å². The molecule has 120 valence electrons. The maximum atomic E-state index is 12.6. The third kappa shape index (κ3) is 2.66. The van der Waals surface area contributed by atoms with Gasteiger partial charge in [0.1, 0.15) is 0 Å². The maximum absolute atomic E-state index is 12.6. The van der Waals surface area contributed by atoms with E-state index >= 15 is 0 Å². The van der Waals surface area contributed by atoms with Crippen molar-refractivity contribution in [2.24, 2.45) is 0 Å². The van der Waals surface area contributed by atoms with Crippen LogP contribution in [0.15, 0.2) is 40.9 Å². The topological polar surface area (TPSA) is 92.7 Å². The molecule has 0 atom stereocenters. The molecule has 0 amide bonds. The van der Waals surface area contributed by atoms with Crippen molar-refractivity contribution in [3.05, 3.63) is 35.8 Å². The lowest BCUT2D eigenvalue weighted by atomic mass is 9.93. The Morgan fingerprint density at radius 3 is 2.91 bits per heavy atom. The second-order valence-electron chi connectivity index (χ2n) is 5.45. The van der Waals surface area contributed by atoms with Crippen LogP contribution in [0.3, 0.4) is 0 Å². The molecule has 0 radical (unpaired) electrons. The molecule has 0 unspecified atom stereocenters. The Kier molecular flexibility index (Phi) is 3.46. The highest BCUT2D eigenvalue weighted by Crippen LogP contribution is 2.33. The molecule has 0 saturated heterocycles. The predicted molar refractivity (Wildman–Crippen MR) is 87.8 cm³/mol. The highest BCUT2D eigenvalue weighted by molar-refractivity contribution is 7.92. The van der Waals surface area contributed by atoms with E-state index in [-0.39, 0.29) is 16.9 Å². The van der Waals surface area contributed by atoms with Crippen LogP contribution in [-0.2, 0) is 10.0 Å². The largest absolute Gasteiger partial charge is 0.280 e. The van der Waals surface area contributed by atoms with Crippen LogP contribution in [0, 0.1) is 0 Å². The van der Waals surface area contributed by atoms with Crippen LogP contribution in [0.25, 0.3) is 10.6 Å². The van der Waals surface area contributed by atoms with Crippen LogP contribution in [0.2, 0.25) is 0 Å². The molecule has 1 saturated carbocycles. The lowest BCUT2D eigenvalue weighted by Gasteiger charge is -2.27. The van der Waals surface area contributed by atoms with Crippen LogP contribution < -0.4 is 4.72 Å². The smallest absolute Gasteiger partial charge is 0.275 e. The molecule has 0 bridgehead atoms. The quantitative estimate of drug-likeness (QED) is 0.741. The average molecular weight is 349 g/mol. The van der Waals surface area contributed by atoms with E-state index < -0.39 is 10.0 Å². The molecule has 3 aromatic heterocycles. The number of thiophene rings is 1. The average Bonchev–Trinajstić information content (AvgIpc) is 3.16. The summed E-state index contributed by atoms with van der Waals surface area (Å²) in [6.45, 7) is 0. The third-order valence-electron chi connectivity index (χ3n) is 3.93.